The molecule has 2 aromatic rings. The van der Waals surface area contributed by atoms with E-state index < -0.39 is 0 Å². The largest absolute Gasteiger partial charge is 0.354 e. The van der Waals surface area contributed by atoms with E-state index in [4.69, 9.17) is 0 Å². The summed E-state index contributed by atoms with van der Waals surface area (Å²) in [6.07, 6.45) is 4.21. The van der Waals surface area contributed by atoms with Crippen LogP contribution in [0.25, 0.3) is 0 Å². The van der Waals surface area contributed by atoms with Gasteiger partial charge in [-0.15, -0.1) is 0 Å². The second-order valence-corrected chi connectivity index (χ2v) is 5.62. The van der Waals surface area contributed by atoms with Crippen molar-refractivity contribution in [2.24, 2.45) is 0 Å². The third kappa shape index (κ3) is 4.97. The lowest BCUT2D eigenvalue weighted by Gasteiger charge is -2.18. The highest BCUT2D eigenvalue weighted by atomic mass is 16.1. The Morgan fingerprint density at radius 2 is 1.82 bits per heavy atom. The van der Waals surface area contributed by atoms with Crippen molar-refractivity contribution in [2.75, 3.05) is 27.2 Å². The second-order valence-electron chi connectivity index (χ2n) is 5.62. The lowest BCUT2D eigenvalue weighted by Crippen LogP contribution is -2.35. The summed E-state index contributed by atoms with van der Waals surface area (Å²) >= 11 is 0. The highest BCUT2D eigenvalue weighted by molar-refractivity contribution is 5.84. The number of hydrogen-bond acceptors (Lipinski definition) is 3. The standard InChI is InChI=1S/C18H23N3O/c1-21(2)13-12-20-18(22)17(16-6-4-3-5-7-16)14-15-8-10-19-11-9-15/h3-11,17H,12-14H2,1-2H3,(H,20,22). The zero-order valence-electron chi connectivity index (χ0n) is 13.2. The molecule has 1 unspecified atom stereocenters. The van der Waals surface area contributed by atoms with Crippen LogP contribution in [-0.2, 0) is 11.2 Å². The van der Waals surface area contributed by atoms with Crippen LogP contribution < -0.4 is 5.32 Å². The van der Waals surface area contributed by atoms with Crippen LogP contribution in [0.2, 0.25) is 0 Å². The molecule has 116 valence electrons. The molecule has 1 heterocycles. The first kappa shape index (κ1) is 16.2. The number of pyridine rings is 1. The molecule has 0 saturated carbocycles. The van der Waals surface area contributed by atoms with Gasteiger partial charge in [0.15, 0.2) is 0 Å². The number of nitrogens with one attached hydrogen (secondary N) is 1. The Morgan fingerprint density at radius 3 is 2.45 bits per heavy atom. The van der Waals surface area contributed by atoms with Gasteiger partial charge in [0, 0.05) is 25.5 Å². The maximum absolute atomic E-state index is 12.6. The van der Waals surface area contributed by atoms with Crippen LogP contribution in [0.1, 0.15) is 17.0 Å². The van der Waals surface area contributed by atoms with Gasteiger partial charge in [-0.25, -0.2) is 0 Å². The van der Waals surface area contributed by atoms with Gasteiger partial charge >= 0.3 is 0 Å². The number of likely N-dealkylation sites (N-methyl/N-ethyl adjacent to an activating group) is 1. The van der Waals surface area contributed by atoms with Crippen molar-refractivity contribution >= 4 is 5.91 Å². The second kappa shape index (κ2) is 8.29. The summed E-state index contributed by atoms with van der Waals surface area (Å²) < 4.78 is 0. The molecule has 1 N–H and O–H groups in total. The monoisotopic (exact) mass is 297 g/mol. The molecule has 0 radical (unpaired) electrons. The Balaban J connectivity index is 2.10. The molecule has 1 aromatic carbocycles. The van der Waals surface area contributed by atoms with Crippen LogP contribution in [0.15, 0.2) is 54.9 Å². The van der Waals surface area contributed by atoms with Gasteiger partial charge in [-0.1, -0.05) is 30.3 Å². The van der Waals surface area contributed by atoms with Crippen LogP contribution in [0, 0.1) is 0 Å². The number of benzene rings is 1. The van der Waals surface area contributed by atoms with Gasteiger partial charge in [0.2, 0.25) is 5.91 Å². The summed E-state index contributed by atoms with van der Waals surface area (Å²) in [7, 11) is 4.00. The summed E-state index contributed by atoms with van der Waals surface area (Å²) in [5.74, 6) is -0.101. The number of rotatable bonds is 7. The third-order valence-electron chi connectivity index (χ3n) is 3.57. The molecule has 4 heteroatoms. The van der Waals surface area contributed by atoms with Gasteiger partial charge in [0.05, 0.1) is 5.92 Å². The number of hydrogen-bond donors (Lipinski definition) is 1. The number of carbonyl (C=O) groups is 1. The zero-order chi connectivity index (χ0) is 15.8. The third-order valence-corrected chi connectivity index (χ3v) is 3.57. The first-order valence-corrected chi connectivity index (χ1v) is 7.53. The molecule has 0 saturated heterocycles. The fourth-order valence-electron chi connectivity index (χ4n) is 2.33. The molecule has 1 aromatic heterocycles. The number of aromatic nitrogens is 1. The first-order chi connectivity index (χ1) is 10.7. The summed E-state index contributed by atoms with van der Waals surface area (Å²) in [6.45, 7) is 1.49. The fourth-order valence-corrected chi connectivity index (χ4v) is 2.33. The van der Waals surface area contributed by atoms with E-state index in [0.29, 0.717) is 13.0 Å². The molecule has 1 amide bonds. The Kier molecular flexibility index (Phi) is 6.10. The summed E-state index contributed by atoms with van der Waals surface area (Å²) in [6, 6.07) is 13.9. The zero-order valence-corrected chi connectivity index (χ0v) is 13.2. The summed E-state index contributed by atoms with van der Waals surface area (Å²) in [5, 5.41) is 3.04. The van der Waals surface area contributed by atoms with E-state index in [2.05, 4.69) is 15.2 Å². The lowest BCUT2D eigenvalue weighted by atomic mass is 9.91. The maximum Gasteiger partial charge on any atom is 0.227 e. The van der Waals surface area contributed by atoms with Crippen LogP contribution in [-0.4, -0.2) is 43.0 Å². The average Bonchev–Trinajstić information content (AvgIpc) is 2.54. The number of nitrogens with zero attached hydrogens (tertiary/aromatic N) is 2. The van der Waals surface area contributed by atoms with Crippen molar-refractivity contribution in [3.8, 4) is 0 Å². The predicted molar refractivity (Wildman–Crippen MR) is 88.7 cm³/mol. The van der Waals surface area contributed by atoms with E-state index >= 15 is 0 Å². The van der Waals surface area contributed by atoms with Crippen molar-refractivity contribution in [1.82, 2.24) is 15.2 Å². The minimum Gasteiger partial charge on any atom is -0.354 e. The van der Waals surface area contributed by atoms with Crippen molar-refractivity contribution < 1.29 is 4.79 Å². The van der Waals surface area contributed by atoms with Gasteiger partial charge in [0.1, 0.15) is 0 Å². The molecule has 0 spiro atoms. The van der Waals surface area contributed by atoms with E-state index in [1.54, 1.807) is 12.4 Å². The van der Waals surface area contributed by atoms with Gasteiger partial charge in [0.25, 0.3) is 0 Å². The molecular weight excluding hydrogens is 274 g/mol. The molecule has 4 nitrogen and oxygen atoms in total. The molecule has 2 rings (SSSR count). The molecule has 0 aliphatic heterocycles. The van der Waals surface area contributed by atoms with E-state index in [1.807, 2.05) is 56.6 Å². The number of carbonyl (C=O) groups excluding carboxylic acids is 1. The van der Waals surface area contributed by atoms with E-state index in [1.165, 1.54) is 0 Å². The van der Waals surface area contributed by atoms with Crippen LogP contribution >= 0.6 is 0 Å². The minimum atomic E-state index is -0.175. The van der Waals surface area contributed by atoms with E-state index in [-0.39, 0.29) is 11.8 Å². The van der Waals surface area contributed by atoms with Gasteiger partial charge in [-0.05, 0) is 43.8 Å². The molecule has 0 aliphatic carbocycles. The Morgan fingerprint density at radius 1 is 1.14 bits per heavy atom. The van der Waals surface area contributed by atoms with Crippen LogP contribution in [0.5, 0.6) is 0 Å². The fraction of sp³-hybridized carbons (Fsp3) is 0.333. The maximum atomic E-state index is 12.6. The normalized spacial score (nSPS) is 12.1. The Labute approximate surface area is 132 Å². The SMILES string of the molecule is CN(C)CCNC(=O)C(Cc1ccncc1)c1ccccc1. The molecular formula is C18H23N3O. The van der Waals surface area contributed by atoms with Crippen molar-refractivity contribution in [1.29, 1.82) is 0 Å². The topological polar surface area (TPSA) is 45.2 Å². The summed E-state index contributed by atoms with van der Waals surface area (Å²) in [4.78, 5) is 18.7. The van der Waals surface area contributed by atoms with Gasteiger partial charge < -0.3 is 10.2 Å². The first-order valence-electron chi connectivity index (χ1n) is 7.53. The minimum absolute atomic E-state index is 0.0739. The Hall–Kier alpha value is -2.20. The van der Waals surface area contributed by atoms with Crippen LogP contribution in [0.3, 0.4) is 0 Å². The highest BCUT2D eigenvalue weighted by Gasteiger charge is 2.20. The lowest BCUT2D eigenvalue weighted by molar-refractivity contribution is -0.122. The molecule has 0 aliphatic rings. The van der Waals surface area contributed by atoms with Crippen molar-refractivity contribution in [3.05, 3.63) is 66.0 Å². The molecule has 0 fully saturated rings. The molecule has 22 heavy (non-hydrogen) atoms. The van der Waals surface area contributed by atoms with Gasteiger partial charge in [-0.3, -0.25) is 9.78 Å². The van der Waals surface area contributed by atoms with Crippen LogP contribution in [0.4, 0.5) is 0 Å². The highest BCUT2D eigenvalue weighted by Crippen LogP contribution is 2.21. The molecule has 1 atom stereocenters. The summed E-state index contributed by atoms with van der Waals surface area (Å²) in [5.41, 5.74) is 2.16. The smallest absolute Gasteiger partial charge is 0.227 e. The quantitative estimate of drug-likeness (QED) is 0.851. The predicted octanol–water partition coefficient (Wildman–Crippen LogP) is 2.09. The van der Waals surface area contributed by atoms with Gasteiger partial charge in [-0.2, -0.15) is 0 Å². The van der Waals surface area contributed by atoms with Crippen molar-refractivity contribution in [3.63, 3.8) is 0 Å². The van der Waals surface area contributed by atoms with Crippen molar-refractivity contribution in [2.45, 2.75) is 12.3 Å². The van der Waals surface area contributed by atoms with E-state index in [9.17, 15) is 4.79 Å². The van der Waals surface area contributed by atoms with E-state index in [0.717, 1.165) is 17.7 Å². The molecule has 0 bridgehead atoms. The average molecular weight is 297 g/mol. The number of amides is 1. The Bertz CT molecular complexity index is 569.